The van der Waals surface area contributed by atoms with Crippen LogP contribution in [0, 0.1) is 0 Å². The van der Waals surface area contributed by atoms with Crippen molar-refractivity contribution in [2.24, 2.45) is 0 Å². The molecule has 3 rings (SSSR count). The molecule has 1 heterocycles. The van der Waals surface area contributed by atoms with Crippen molar-refractivity contribution in [1.29, 1.82) is 0 Å². The van der Waals surface area contributed by atoms with Crippen molar-refractivity contribution in [3.05, 3.63) is 59.7 Å². The number of ether oxygens (including phenoxy) is 1. The van der Waals surface area contributed by atoms with Crippen LogP contribution in [0.25, 0.3) is 0 Å². The van der Waals surface area contributed by atoms with Gasteiger partial charge in [0.15, 0.2) is 0 Å². The van der Waals surface area contributed by atoms with Crippen molar-refractivity contribution in [2.45, 2.75) is 45.6 Å². The Morgan fingerprint density at radius 2 is 1.81 bits per heavy atom. The number of aryl methyl sites for hydroxylation is 1. The van der Waals surface area contributed by atoms with Gasteiger partial charge in [0, 0.05) is 36.9 Å². The lowest BCUT2D eigenvalue weighted by Gasteiger charge is -2.26. The Morgan fingerprint density at radius 3 is 2.45 bits per heavy atom. The number of methoxy groups -OCH3 is 1. The maximum Gasteiger partial charge on any atom is 0.253 e. The summed E-state index contributed by atoms with van der Waals surface area (Å²) in [6.07, 6.45) is 4.64. The molecule has 0 bridgehead atoms. The fourth-order valence-electron chi connectivity index (χ4n) is 4.29. The van der Waals surface area contributed by atoms with Gasteiger partial charge in [-0.2, -0.15) is 0 Å². The van der Waals surface area contributed by atoms with E-state index in [1.165, 1.54) is 31.5 Å². The van der Waals surface area contributed by atoms with Gasteiger partial charge >= 0.3 is 0 Å². The van der Waals surface area contributed by atoms with Crippen LogP contribution in [-0.2, 0) is 6.42 Å². The second-order valence-corrected chi connectivity index (χ2v) is 8.29. The summed E-state index contributed by atoms with van der Waals surface area (Å²) in [5, 5.41) is 3.73. The number of hydrogen-bond acceptors (Lipinski definition) is 4. The largest absolute Gasteiger partial charge is 0.497 e. The molecule has 5 nitrogen and oxygen atoms in total. The van der Waals surface area contributed by atoms with E-state index in [2.05, 4.69) is 28.4 Å². The van der Waals surface area contributed by atoms with Gasteiger partial charge in [-0.1, -0.05) is 12.1 Å². The van der Waals surface area contributed by atoms with Crippen LogP contribution in [0.1, 0.15) is 49.0 Å². The van der Waals surface area contributed by atoms with Crippen molar-refractivity contribution in [2.75, 3.05) is 45.2 Å². The van der Waals surface area contributed by atoms with Crippen LogP contribution in [0.15, 0.2) is 48.5 Å². The summed E-state index contributed by atoms with van der Waals surface area (Å²) in [7, 11) is 1.71. The monoisotopic (exact) mass is 423 g/mol. The number of amides is 1. The number of benzene rings is 2. The molecule has 1 N–H and O–H groups in total. The number of carbonyl (C=O) groups excluding carboxylic acids is 1. The molecule has 1 amide bonds. The third kappa shape index (κ3) is 6.73. The summed E-state index contributed by atoms with van der Waals surface area (Å²) in [5.74, 6) is 1.01. The van der Waals surface area contributed by atoms with Gasteiger partial charge in [-0.25, -0.2) is 0 Å². The molecular weight excluding hydrogens is 386 g/mol. The number of nitrogens with one attached hydrogen (secondary N) is 1. The lowest BCUT2D eigenvalue weighted by Crippen LogP contribution is -2.35. The van der Waals surface area contributed by atoms with Gasteiger partial charge in [0.05, 0.1) is 7.11 Å². The fraction of sp³-hybridized carbons (Fsp3) is 0.500. The molecule has 5 heteroatoms. The minimum Gasteiger partial charge on any atom is -0.497 e. The molecule has 1 saturated heterocycles. The Kier molecular flexibility index (Phi) is 8.77. The number of likely N-dealkylation sites (tertiary alicyclic amines) is 1. The maximum atomic E-state index is 12.6. The second kappa shape index (κ2) is 11.8. The van der Waals surface area contributed by atoms with E-state index in [0.717, 1.165) is 49.5 Å². The van der Waals surface area contributed by atoms with Gasteiger partial charge in [-0.3, -0.25) is 4.79 Å². The van der Waals surface area contributed by atoms with Crippen LogP contribution in [0.3, 0.4) is 0 Å². The van der Waals surface area contributed by atoms with Crippen LogP contribution < -0.4 is 10.1 Å². The van der Waals surface area contributed by atoms with Gasteiger partial charge in [-0.15, -0.1) is 0 Å². The summed E-state index contributed by atoms with van der Waals surface area (Å²) in [6.45, 7) is 8.92. The molecule has 2 aromatic rings. The molecule has 0 aliphatic carbocycles. The Hall–Kier alpha value is -2.53. The number of rotatable bonds is 11. The van der Waals surface area contributed by atoms with Crippen LogP contribution in [0.4, 0.5) is 5.69 Å². The molecule has 1 unspecified atom stereocenters. The Labute approximate surface area is 187 Å². The first kappa shape index (κ1) is 23.1. The van der Waals surface area contributed by atoms with E-state index in [1.807, 2.05) is 49.1 Å². The highest BCUT2D eigenvalue weighted by molar-refractivity contribution is 5.94. The van der Waals surface area contributed by atoms with Crippen molar-refractivity contribution in [1.82, 2.24) is 9.80 Å². The second-order valence-electron chi connectivity index (χ2n) is 8.29. The predicted octanol–water partition coefficient (Wildman–Crippen LogP) is 4.69. The SMILES string of the molecule is CCN(CC)C(=O)c1ccc(NC(CCc2cccc(OC)c2)CN2CCCC2)cc1. The molecule has 168 valence electrons. The molecule has 1 atom stereocenters. The van der Waals surface area contributed by atoms with Crippen LogP contribution in [0.2, 0.25) is 0 Å². The zero-order valence-electron chi connectivity index (χ0n) is 19.3. The normalized spacial score (nSPS) is 14.9. The Morgan fingerprint density at radius 1 is 1.10 bits per heavy atom. The maximum absolute atomic E-state index is 12.6. The first-order valence-electron chi connectivity index (χ1n) is 11.6. The highest BCUT2D eigenvalue weighted by Gasteiger charge is 2.18. The average Bonchev–Trinajstić information content (AvgIpc) is 3.32. The van der Waals surface area contributed by atoms with Crippen LogP contribution >= 0.6 is 0 Å². The van der Waals surface area contributed by atoms with E-state index in [1.54, 1.807) is 7.11 Å². The lowest BCUT2D eigenvalue weighted by molar-refractivity contribution is 0.0773. The van der Waals surface area contributed by atoms with Crippen molar-refractivity contribution < 1.29 is 9.53 Å². The first-order chi connectivity index (χ1) is 15.1. The topological polar surface area (TPSA) is 44.8 Å². The smallest absolute Gasteiger partial charge is 0.253 e. The van der Waals surface area contributed by atoms with Gasteiger partial charge in [0.25, 0.3) is 5.91 Å². The molecule has 1 aliphatic heterocycles. The molecule has 0 radical (unpaired) electrons. The van der Waals surface area contributed by atoms with Gasteiger partial charge in [0.2, 0.25) is 0 Å². The quantitative estimate of drug-likeness (QED) is 0.570. The summed E-state index contributed by atoms with van der Waals surface area (Å²) in [4.78, 5) is 17.0. The lowest BCUT2D eigenvalue weighted by atomic mass is 10.0. The number of nitrogens with zero attached hydrogens (tertiary/aromatic N) is 2. The minimum absolute atomic E-state index is 0.100. The van der Waals surface area contributed by atoms with Crippen molar-refractivity contribution in [3.63, 3.8) is 0 Å². The van der Waals surface area contributed by atoms with Gasteiger partial charge in [-0.05, 0) is 94.6 Å². The van der Waals surface area contributed by atoms with Crippen molar-refractivity contribution >= 4 is 11.6 Å². The highest BCUT2D eigenvalue weighted by atomic mass is 16.5. The van der Waals surface area contributed by atoms with E-state index in [9.17, 15) is 4.79 Å². The van der Waals surface area contributed by atoms with Crippen LogP contribution in [0.5, 0.6) is 5.75 Å². The molecule has 2 aromatic carbocycles. The standard InChI is InChI=1S/C26H37N3O2/c1-4-29(5-2)26(30)22-12-15-23(16-13-22)27-24(20-28-17-6-7-18-28)14-11-21-9-8-10-25(19-21)31-3/h8-10,12-13,15-16,19,24,27H,4-7,11,14,17-18,20H2,1-3H3. The number of carbonyl (C=O) groups is 1. The minimum atomic E-state index is 0.100. The Bertz CT molecular complexity index is 812. The van der Waals surface area contributed by atoms with E-state index < -0.39 is 0 Å². The molecular formula is C26H37N3O2. The summed E-state index contributed by atoms with van der Waals surface area (Å²) in [5.41, 5.74) is 3.13. The average molecular weight is 424 g/mol. The van der Waals surface area contributed by atoms with Gasteiger partial charge in [0.1, 0.15) is 5.75 Å². The zero-order chi connectivity index (χ0) is 22.1. The first-order valence-corrected chi connectivity index (χ1v) is 11.6. The van der Waals surface area contributed by atoms with E-state index in [4.69, 9.17) is 4.74 Å². The molecule has 0 aromatic heterocycles. The molecule has 0 spiro atoms. The van der Waals surface area contributed by atoms with E-state index >= 15 is 0 Å². The third-order valence-corrected chi connectivity index (χ3v) is 6.15. The molecule has 1 fully saturated rings. The van der Waals surface area contributed by atoms with Gasteiger partial charge < -0.3 is 19.9 Å². The molecule has 1 aliphatic rings. The van der Waals surface area contributed by atoms with Crippen LogP contribution in [-0.4, -0.2) is 61.6 Å². The van der Waals surface area contributed by atoms with E-state index in [-0.39, 0.29) is 5.91 Å². The zero-order valence-corrected chi connectivity index (χ0v) is 19.3. The Balaban J connectivity index is 1.65. The van der Waals surface area contributed by atoms with Crippen molar-refractivity contribution in [3.8, 4) is 5.75 Å². The molecule has 31 heavy (non-hydrogen) atoms. The number of hydrogen-bond donors (Lipinski definition) is 1. The third-order valence-electron chi connectivity index (χ3n) is 6.15. The summed E-state index contributed by atoms with van der Waals surface area (Å²) >= 11 is 0. The summed E-state index contributed by atoms with van der Waals surface area (Å²) < 4.78 is 5.37. The number of anilines is 1. The highest BCUT2D eigenvalue weighted by Crippen LogP contribution is 2.19. The van der Waals surface area contributed by atoms with E-state index in [0.29, 0.717) is 6.04 Å². The fourth-order valence-corrected chi connectivity index (χ4v) is 4.29. The predicted molar refractivity (Wildman–Crippen MR) is 128 cm³/mol. The molecule has 0 saturated carbocycles. The summed E-state index contributed by atoms with van der Waals surface area (Å²) in [6, 6.07) is 16.7.